The molecule has 0 saturated carbocycles. The molecule has 4 rings (SSSR count). The van der Waals surface area contributed by atoms with E-state index in [9.17, 15) is 9.59 Å². The van der Waals surface area contributed by atoms with Gasteiger partial charge in [-0.05, 0) is 83.3 Å². The normalized spacial score (nSPS) is 10.5. The Morgan fingerprint density at radius 2 is 0.935 bits per heavy atom. The summed E-state index contributed by atoms with van der Waals surface area (Å²) in [5, 5.41) is 0. The van der Waals surface area contributed by atoms with Crippen molar-refractivity contribution < 1.29 is 9.59 Å². The van der Waals surface area contributed by atoms with Crippen LogP contribution in [0, 0.1) is 3.57 Å². The van der Waals surface area contributed by atoms with Crippen LogP contribution < -0.4 is 4.90 Å². The number of carbonyl (C=O) groups excluding carboxylic acids is 2. The van der Waals surface area contributed by atoms with Crippen molar-refractivity contribution in [3.63, 3.8) is 0 Å². The molecule has 0 fully saturated rings. The standard InChI is InChI=1S/C27H20INO2/c28-22-15-11-20(12-16-22)26(30)19-27(31)21-13-17-25(18-14-21)29(23-7-3-1-4-8-23)24-9-5-2-6-10-24/h1-18H,19H2. The summed E-state index contributed by atoms with van der Waals surface area (Å²) in [4.78, 5) is 27.3. The number of para-hydroxylation sites is 2. The first kappa shape index (κ1) is 21.0. The molecule has 4 heteroatoms. The minimum absolute atomic E-state index is 0.138. The van der Waals surface area contributed by atoms with E-state index in [1.165, 1.54) is 0 Å². The lowest BCUT2D eigenvalue weighted by Gasteiger charge is -2.25. The molecule has 4 aromatic rings. The Morgan fingerprint density at radius 1 is 0.548 bits per heavy atom. The predicted octanol–water partition coefficient (Wildman–Crippen LogP) is 7.22. The highest BCUT2D eigenvalue weighted by molar-refractivity contribution is 14.1. The van der Waals surface area contributed by atoms with Gasteiger partial charge in [-0.1, -0.05) is 48.5 Å². The number of carbonyl (C=O) groups is 2. The summed E-state index contributed by atoms with van der Waals surface area (Å²) >= 11 is 2.19. The molecule has 0 atom stereocenters. The zero-order valence-electron chi connectivity index (χ0n) is 16.7. The van der Waals surface area contributed by atoms with E-state index in [2.05, 4.69) is 27.5 Å². The fourth-order valence-corrected chi connectivity index (χ4v) is 3.74. The number of hydrogen-bond donors (Lipinski definition) is 0. The fraction of sp³-hybridized carbons (Fsp3) is 0.0370. The largest absolute Gasteiger partial charge is 0.311 e. The van der Waals surface area contributed by atoms with Gasteiger partial charge in [0.2, 0.25) is 0 Å². The summed E-state index contributed by atoms with van der Waals surface area (Å²) in [6, 6.07) is 34.8. The molecular weight excluding hydrogens is 497 g/mol. The lowest BCUT2D eigenvalue weighted by atomic mass is 10.0. The Morgan fingerprint density at radius 3 is 1.39 bits per heavy atom. The molecule has 0 aliphatic heterocycles. The van der Waals surface area contributed by atoms with Crippen LogP contribution in [0.1, 0.15) is 27.1 Å². The first-order valence-electron chi connectivity index (χ1n) is 9.94. The average molecular weight is 517 g/mol. The highest BCUT2D eigenvalue weighted by atomic mass is 127. The Kier molecular flexibility index (Phi) is 6.57. The number of hydrogen-bond acceptors (Lipinski definition) is 3. The van der Waals surface area contributed by atoms with E-state index in [1.807, 2.05) is 84.9 Å². The van der Waals surface area contributed by atoms with Crippen molar-refractivity contribution in [3.8, 4) is 0 Å². The van der Waals surface area contributed by atoms with E-state index < -0.39 is 0 Å². The molecule has 0 spiro atoms. The molecule has 0 saturated heterocycles. The molecule has 0 unspecified atom stereocenters. The van der Waals surface area contributed by atoms with Crippen molar-refractivity contribution in [3.05, 3.63) is 124 Å². The SMILES string of the molecule is O=C(CC(=O)c1ccc(N(c2ccccc2)c2ccccc2)cc1)c1ccc(I)cc1. The van der Waals surface area contributed by atoms with Gasteiger partial charge in [-0.25, -0.2) is 0 Å². The quantitative estimate of drug-likeness (QED) is 0.148. The lowest BCUT2D eigenvalue weighted by molar-refractivity contribution is 0.0894. The zero-order valence-corrected chi connectivity index (χ0v) is 18.9. The molecule has 0 heterocycles. The molecule has 0 aliphatic carbocycles. The van der Waals surface area contributed by atoms with Crippen LogP contribution in [0.5, 0.6) is 0 Å². The van der Waals surface area contributed by atoms with Crippen LogP contribution in [0.15, 0.2) is 109 Å². The van der Waals surface area contributed by atoms with Crippen LogP contribution in [0.3, 0.4) is 0 Å². The minimum Gasteiger partial charge on any atom is -0.311 e. The van der Waals surface area contributed by atoms with Gasteiger partial charge >= 0.3 is 0 Å². The van der Waals surface area contributed by atoms with Gasteiger partial charge in [-0.15, -0.1) is 0 Å². The summed E-state index contributed by atoms with van der Waals surface area (Å²) in [7, 11) is 0. The van der Waals surface area contributed by atoms with Crippen LogP contribution in [0.4, 0.5) is 17.1 Å². The summed E-state index contributed by atoms with van der Waals surface area (Å²) in [6.45, 7) is 0. The van der Waals surface area contributed by atoms with Crippen LogP contribution in [0.2, 0.25) is 0 Å². The van der Waals surface area contributed by atoms with Crippen molar-refractivity contribution in [1.82, 2.24) is 0 Å². The Hall–Kier alpha value is -3.25. The first-order valence-corrected chi connectivity index (χ1v) is 11.0. The van der Waals surface area contributed by atoms with Crippen LogP contribution in [-0.4, -0.2) is 11.6 Å². The molecule has 4 aromatic carbocycles. The fourth-order valence-electron chi connectivity index (χ4n) is 3.38. The van der Waals surface area contributed by atoms with Crippen molar-refractivity contribution in [2.75, 3.05) is 4.90 Å². The second-order valence-corrected chi connectivity index (χ2v) is 8.33. The number of rotatable bonds is 7. The summed E-state index contributed by atoms with van der Waals surface area (Å²) in [5.41, 5.74) is 4.09. The molecular formula is C27H20INO2. The van der Waals surface area contributed by atoms with Gasteiger partial charge in [0.25, 0.3) is 0 Å². The molecule has 3 nitrogen and oxygen atoms in total. The number of Topliss-reactive ketones (excluding diaryl/α,β-unsaturated/α-hetero) is 2. The third kappa shape index (κ3) is 5.09. The molecule has 0 bridgehead atoms. The van der Waals surface area contributed by atoms with E-state index in [4.69, 9.17) is 0 Å². The number of halogens is 1. The number of benzene rings is 4. The average Bonchev–Trinajstić information content (AvgIpc) is 2.81. The van der Waals surface area contributed by atoms with E-state index >= 15 is 0 Å². The van der Waals surface area contributed by atoms with Gasteiger partial charge in [0.1, 0.15) is 0 Å². The molecule has 0 radical (unpaired) electrons. The molecule has 152 valence electrons. The van der Waals surface area contributed by atoms with Crippen LogP contribution >= 0.6 is 22.6 Å². The molecule has 31 heavy (non-hydrogen) atoms. The number of ketones is 2. The van der Waals surface area contributed by atoms with Gasteiger partial charge < -0.3 is 4.90 Å². The smallest absolute Gasteiger partial charge is 0.170 e. The topological polar surface area (TPSA) is 37.4 Å². The van der Waals surface area contributed by atoms with Crippen LogP contribution in [-0.2, 0) is 0 Å². The number of anilines is 3. The van der Waals surface area contributed by atoms with E-state index in [0.29, 0.717) is 11.1 Å². The molecule has 0 aliphatic rings. The van der Waals surface area contributed by atoms with Gasteiger partial charge in [0.05, 0.1) is 6.42 Å². The minimum atomic E-state index is -0.180. The third-order valence-corrected chi connectivity index (χ3v) is 5.68. The monoisotopic (exact) mass is 517 g/mol. The van der Waals surface area contributed by atoms with E-state index in [0.717, 1.165) is 20.6 Å². The summed E-state index contributed by atoms with van der Waals surface area (Å²) in [5.74, 6) is -0.346. The van der Waals surface area contributed by atoms with Crippen molar-refractivity contribution in [2.24, 2.45) is 0 Å². The van der Waals surface area contributed by atoms with Crippen molar-refractivity contribution in [2.45, 2.75) is 6.42 Å². The maximum absolute atomic E-state index is 12.7. The Bertz CT molecular complexity index is 1130. The predicted molar refractivity (Wildman–Crippen MR) is 134 cm³/mol. The molecule has 0 aromatic heterocycles. The van der Waals surface area contributed by atoms with Gasteiger partial charge in [0, 0.05) is 31.8 Å². The van der Waals surface area contributed by atoms with Crippen LogP contribution in [0.25, 0.3) is 0 Å². The third-order valence-electron chi connectivity index (χ3n) is 4.96. The maximum Gasteiger partial charge on any atom is 0.170 e. The first-order chi connectivity index (χ1) is 15.1. The lowest BCUT2D eigenvalue weighted by Crippen LogP contribution is -2.11. The van der Waals surface area contributed by atoms with Crippen molar-refractivity contribution >= 4 is 51.2 Å². The van der Waals surface area contributed by atoms with E-state index in [1.54, 1.807) is 24.3 Å². The van der Waals surface area contributed by atoms with E-state index in [-0.39, 0.29) is 18.0 Å². The van der Waals surface area contributed by atoms with Gasteiger partial charge in [0.15, 0.2) is 11.6 Å². The van der Waals surface area contributed by atoms with Crippen molar-refractivity contribution in [1.29, 1.82) is 0 Å². The van der Waals surface area contributed by atoms with Gasteiger partial charge in [-0.3, -0.25) is 9.59 Å². The second kappa shape index (κ2) is 9.71. The summed E-state index contributed by atoms with van der Waals surface area (Å²) in [6.07, 6.45) is -0.138. The molecule has 0 amide bonds. The molecule has 0 N–H and O–H groups in total. The van der Waals surface area contributed by atoms with Gasteiger partial charge in [-0.2, -0.15) is 0 Å². The Labute approximate surface area is 195 Å². The highest BCUT2D eigenvalue weighted by Gasteiger charge is 2.16. The Balaban J connectivity index is 1.56. The zero-order chi connectivity index (χ0) is 21.6. The second-order valence-electron chi connectivity index (χ2n) is 7.08. The summed E-state index contributed by atoms with van der Waals surface area (Å²) < 4.78 is 1.05. The maximum atomic E-state index is 12.7. The number of nitrogens with zero attached hydrogens (tertiary/aromatic N) is 1. The highest BCUT2D eigenvalue weighted by Crippen LogP contribution is 2.34.